The largest absolute Gasteiger partial charge is 0.334 e. The first-order valence-electron chi connectivity index (χ1n) is 9.86. The Hall–Kier alpha value is -2.37. The number of nitrogens with zero attached hydrogens (tertiary/aromatic N) is 3. The topological polar surface area (TPSA) is 64.2 Å². The van der Waals surface area contributed by atoms with E-state index in [2.05, 4.69) is 22.0 Å². The third-order valence-corrected chi connectivity index (χ3v) is 5.74. The van der Waals surface area contributed by atoms with Crippen molar-refractivity contribution in [3.63, 3.8) is 0 Å². The van der Waals surface area contributed by atoms with Gasteiger partial charge in [-0.2, -0.15) is 0 Å². The molecule has 1 aliphatic rings. The first kappa shape index (κ1) is 19.0. The van der Waals surface area contributed by atoms with Crippen molar-refractivity contribution in [3.8, 4) is 0 Å². The van der Waals surface area contributed by atoms with Crippen LogP contribution in [0.25, 0.3) is 11.0 Å². The molecule has 0 fully saturated rings. The number of nitrogen functional groups attached to an aromatic ring is 1. The van der Waals surface area contributed by atoms with Crippen molar-refractivity contribution in [2.24, 2.45) is 0 Å². The van der Waals surface area contributed by atoms with Gasteiger partial charge in [0.25, 0.3) is 5.56 Å². The second-order valence-electron chi connectivity index (χ2n) is 7.51. The number of pyridine rings is 2. The Labute approximate surface area is 169 Å². The van der Waals surface area contributed by atoms with Gasteiger partial charge in [-0.3, -0.25) is 9.69 Å². The maximum absolute atomic E-state index is 11.7. The van der Waals surface area contributed by atoms with Crippen LogP contribution >= 0.6 is 11.6 Å². The van der Waals surface area contributed by atoms with Gasteiger partial charge in [0.2, 0.25) is 0 Å². The smallest absolute Gasteiger partial charge is 0.270 e. The molecule has 2 aromatic heterocycles. The SMILES string of the molecule is Nn1c(=O)ccc2ccc(CCCCCN3CCc4cc(Cl)ccc4C3)nc21. The summed E-state index contributed by atoms with van der Waals surface area (Å²) in [7, 11) is 0. The van der Waals surface area contributed by atoms with Crippen molar-refractivity contribution in [1.82, 2.24) is 14.6 Å². The molecule has 146 valence electrons. The first-order chi connectivity index (χ1) is 13.6. The molecule has 1 aromatic carbocycles. The fourth-order valence-electron chi connectivity index (χ4n) is 3.90. The van der Waals surface area contributed by atoms with Gasteiger partial charge in [0, 0.05) is 35.3 Å². The average Bonchev–Trinajstić information content (AvgIpc) is 2.71. The Morgan fingerprint density at radius 3 is 2.79 bits per heavy atom. The molecule has 6 heteroatoms. The van der Waals surface area contributed by atoms with Crippen LogP contribution in [0, 0.1) is 0 Å². The van der Waals surface area contributed by atoms with Gasteiger partial charge in [0.15, 0.2) is 5.65 Å². The molecule has 0 radical (unpaired) electrons. The van der Waals surface area contributed by atoms with Crippen LogP contribution in [0.1, 0.15) is 36.1 Å². The molecule has 5 nitrogen and oxygen atoms in total. The highest BCUT2D eigenvalue weighted by atomic mass is 35.5. The molecule has 0 saturated carbocycles. The molecule has 0 atom stereocenters. The predicted molar refractivity (Wildman–Crippen MR) is 114 cm³/mol. The van der Waals surface area contributed by atoms with Gasteiger partial charge in [-0.1, -0.05) is 24.1 Å². The standard InChI is InChI=1S/C22H25ClN4O/c23-19-8-5-18-15-26(13-11-17(18)14-19)12-3-1-2-4-20-9-6-16-7-10-21(28)27(24)22(16)25-20/h5-10,14H,1-4,11-13,15,24H2. The third-order valence-electron chi connectivity index (χ3n) is 5.50. The lowest BCUT2D eigenvalue weighted by molar-refractivity contribution is 0.248. The number of fused-ring (bicyclic) bond motifs is 2. The highest BCUT2D eigenvalue weighted by molar-refractivity contribution is 6.30. The van der Waals surface area contributed by atoms with Crippen molar-refractivity contribution < 1.29 is 0 Å². The summed E-state index contributed by atoms with van der Waals surface area (Å²) in [6.45, 7) is 3.25. The molecule has 0 bridgehead atoms. The predicted octanol–water partition coefficient (Wildman–Crippen LogP) is 3.53. The van der Waals surface area contributed by atoms with Crippen molar-refractivity contribution in [2.45, 2.75) is 38.6 Å². The van der Waals surface area contributed by atoms with E-state index in [4.69, 9.17) is 17.4 Å². The molecule has 4 rings (SSSR count). The van der Waals surface area contributed by atoms with E-state index in [9.17, 15) is 4.79 Å². The number of hydrogen-bond donors (Lipinski definition) is 1. The van der Waals surface area contributed by atoms with E-state index < -0.39 is 0 Å². The molecule has 0 saturated heterocycles. The summed E-state index contributed by atoms with van der Waals surface area (Å²) in [4.78, 5) is 18.8. The minimum atomic E-state index is -0.234. The lowest BCUT2D eigenvalue weighted by Gasteiger charge is -2.28. The molecule has 3 heterocycles. The fourth-order valence-corrected chi connectivity index (χ4v) is 4.09. The second kappa shape index (κ2) is 8.33. The van der Waals surface area contributed by atoms with E-state index >= 15 is 0 Å². The second-order valence-corrected chi connectivity index (χ2v) is 7.94. The Morgan fingerprint density at radius 1 is 1.04 bits per heavy atom. The van der Waals surface area contributed by atoms with Gasteiger partial charge >= 0.3 is 0 Å². The number of halogens is 1. The highest BCUT2D eigenvalue weighted by Gasteiger charge is 2.15. The van der Waals surface area contributed by atoms with Crippen LogP contribution in [0.3, 0.4) is 0 Å². The van der Waals surface area contributed by atoms with E-state index in [1.165, 1.54) is 23.6 Å². The minimum absolute atomic E-state index is 0.234. The maximum atomic E-state index is 11.7. The summed E-state index contributed by atoms with van der Waals surface area (Å²) in [6, 6.07) is 13.5. The summed E-state index contributed by atoms with van der Waals surface area (Å²) in [5.74, 6) is 5.82. The zero-order valence-electron chi connectivity index (χ0n) is 15.9. The van der Waals surface area contributed by atoms with Crippen LogP contribution in [-0.4, -0.2) is 27.6 Å². The van der Waals surface area contributed by atoms with Gasteiger partial charge in [0.05, 0.1) is 0 Å². The molecular weight excluding hydrogens is 372 g/mol. The molecule has 0 amide bonds. The van der Waals surface area contributed by atoms with Gasteiger partial charge in [-0.05, 0) is 73.7 Å². The molecule has 28 heavy (non-hydrogen) atoms. The summed E-state index contributed by atoms with van der Waals surface area (Å²) < 4.78 is 1.13. The number of aryl methyl sites for hydroxylation is 1. The third kappa shape index (κ3) is 4.21. The Kier molecular flexibility index (Phi) is 5.64. The van der Waals surface area contributed by atoms with Crippen LogP contribution in [0.15, 0.2) is 47.3 Å². The van der Waals surface area contributed by atoms with Gasteiger partial charge in [-0.25, -0.2) is 9.66 Å². The van der Waals surface area contributed by atoms with E-state index in [-0.39, 0.29) is 5.56 Å². The van der Waals surface area contributed by atoms with Crippen LogP contribution in [0.5, 0.6) is 0 Å². The summed E-state index contributed by atoms with van der Waals surface area (Å²) >= 11 is 6.09. The van der Waals surface area contributed by atoms with Crippen LogP contribution in [0.4, 0.5) is 0 Å². The highest BCUT2D eigenvalue weighted by Crippen LogP contribution is 2.23. The van der Waals surface area contributed by atoms with Crippen molar-refractivity contribution in [3.05, 3.63) is 74.7 Å². The Balaban J connectivity index is 1.25. The summed E-state index contributed by atoms with van der Waals surface area (Å²) in [5.41, 5.74) is 4.11. The zero-order valence-corrected chi connectivity index (χ0v) is 16.7. The quantitative estimate of drug-likeness (QED) is 0.511. The Bertz CT molecular complexity index is 1050. The molecule has 0 spiro atoms. The number of unbranched alkanes of at least 4 members (excludes halogenated alkanes) is 2. The van der Waals surface area contributed by atoms with Crippen molar-refractivity contribution in [2.75, 3.05) is 18.9 Å². The molecular formula is C22H25ClN4O. The number of rotatable bonds is 6. The van der Waals surface area contributed by atoms with E-state index in [0.717, 1.165) is 66.1 Å². The first-order valence-corrected chi connectivity index (χ1v) is 10.2. The normalized spacial score (nSPS) is 14.3. The fraction of sp³-hybridized carbons (Fsp3) is 0.364. The van der Waals surface area contributed by atoms with E-state index in [1.807, 2.05) is 18.2 Å². The number of benzene rings is 1. The van der Waals surface area contributed by atoms with Gasteiger partial charge in [-0.15, -0.1) is 0 Å². The van der Waals surface area contributed by atoms with Crippen molar-refractivity contribution in [1.29, 1.82) is 0 Å². The molecule has 1 aliphatic heterocycles. The molecule has 3 aromatic rings. The lowest BCUT2D eigenvalue weighted by Crippen LogP contribution is -2.31. The number of hydrogen-bond acceptors (Lipinski definition) is 4. The van der Waals surface area contributed by atoms with E-state index in [0.29, 0.717) is 5.65 Å². The maximum Gasteiger partial charge on any atom is 0.270 e. The van der Waals surface area contributed by atoms with Crippen molar-refractivity contribution >= 4 is 22.6 Å². The summed E-state index contributed by atoms with van der Waals surface area (Å²) in [6.07, 6.45) is 5.41. The monoisotopic (exact) mass is 396 g/mol. The minimum Gasteiger partial charge on any atom is -0.334 e. The lowest BCUT2D eigenvalue weighted by atomic mass is 9.99. The van der Waals surface area contributed by atoms with Crippen LogP contribution in [0.2, 0.25) is 5.02 Å². The molecule has 0 aliphatic carbocycles. The van der Waals surface area contributed by atoms with Gasteiger partial charge in [0.1, 0.15) is 0 Å². The number of aromatic nitrogens is 2. The Morgan fingerprint density at radius 2 is 1.89 bits per heavy atom. The van der Waals surface area contributed by atoms with Gasteiger partial charge < -0.3 is 5.84 Å². The van der Waals surface area contributed by atoms with Crippen LogP contribution < -0.4 is 11.4 Å². The zero-order chi connectivity index (χ0) is 19.5. The molecule has 2 N–H and O–H groups in total. The summed E-state index contributed by atoms with van der Waals surface area (Å²) in [5, 5.41) is 1.72. The van der Waals surface area contributed by atoms with E-state index in [1.54, 1.807) is 6.07 Å². The molecule has 0 unspecified atom stereocenters. The average molecular weight is 397 g/mol. The van der Waals surface area contributed by atoms with Crippen LogP contribution in [-0.2, 0) is 19.4 Å². The number of nitrogens with two attached hydrogens (primary N) is 1.